The lowest BCUT2D eigenvalue weighted by Crippen LogP contribution is -2.05. The van der Waals surface area contributed by atoms with Gasteiger partial charge in [-0.25, -0.2) is 0 Å². The van der Waals surface area contributed by atoms with Crippen molar-refractivity contribution in [3.05, 3.63) is 91.7 Å². The second-order valence-electron chi connectivity index (χ2n) is 6.69. The number of rotatable bonds is 7. The van der Waals surface area contributed by atoms with E-state index in [1.807, 2.05) is 0 Å². The number of hydrogen-bond donors (Lipinski definition) is 0. The molecule has 0 amide bonds. The van der Waals surface area contributed by atoms with Gasteiger partial charge in [0.15, 0.2) is 0 Å². The fraction of sp³-hybridized carbons (Fsp3) is 0.130. The molecule has 0 radical (unpaired) electrons. The predicted octanol–water partition coefficient (Wildman–Crippen LogP) is 5.11. The summed E-state index contributed by atoms with van der Waals surface area (Å²) in [4.78, 5) is 19.9. The van der Waals surface area contributed by atoms with Gasteiger partial charge in [0.2, 0.25) is 0 Å². The fourth-order valence-corrected chi connectivity index (χ4v) is 3.20. The summed E-state index contributed by atoms with van der Waals surface area (Å²) in [5.74, 6) is 0. The van der Waals surface area contributed by atoms with Crippen LogP contribution in [0.1, 0.15) is 28.1 Å². The minimum absolute atomic E-state index is 0.0000332. The number of aryl methyl sites for hydroxylation is 1. The Morgan fingerprint density at radius 2 is 1.78 bits per heavy atom. The van der Waals surface area contributed by atoms with Gasteiger partial charge in [-0.3, -0.25) is 15.1 Å². The molecule has 158 valence electrons. The molecule has 9 heteroatoms. The smallest absolute Gasteiger partial charge is 0.269 e. The molecule has 3 rings (SSSR count). The molecule has 0 N–H and O–H groups in total. The summed E-state index contributed by atoms with van der Waals surface area (Å²) in [7, 11) is 0. The Morgan fingerprint density at radius 3 is 2.38 bits per heavy atom. The molecule has 0 aliphatic rings. The summed E-state index contributed by atoms with van der Waals surface area (Å²) < 4.78 is 0. The molecular formula is C23H16ClN5O3. The molecule has 1 heterocycles. The lowest BCUT2D eigenvalue weighted by atomic mass is 9.93. The third-order valence-corrected chi connectivity index (χ3v) is 4.87. The highest BCUT2D eigenvalue weighted by atomic mass is 35.5. The lowest BCUT2D eigenvalue weighted by Gasteiger charge is -2.12. The van der Waals surface area contributed by atoms with Gasteiger partial charge < -0.3 is 4.84 Å². The number of non-ortho nitro benzene ring substituents is 1. The second kappa shape index (κ2) is 10.2. The average Bonchev–Trinajstić information content (AvgIpc) is 2.79. The fourth-order valence-electron chi connectivity index (χ4n) is 3.08. The maximum atomic E-state index is 10.7. The van der Waals surface area contributed by atoms with E-state index in [1.54, 1.807) is 43.3 Å². The first-order valence-corrected chi connectivity index (χ1v) is 9.79. The number of nitriles is 2. The van der Waals surface area contributed by atoms with E-state index in [9.17, 15) is 20.6 Å². The highest BCUT2D eigenvalue weighted by Gasteiger charge is 2.19. The molecule has 0 unspecified atom stereocenters. The molecule has 0 saturated carbocycles. The molecule has 32 heavy (non-hydrogen) atoms. The van der Waals surface area contributed by atoms with Crippen LogP contribution in [0.25, 0.3) is 11.1 Å². The highest BCUT2D eigenvalue weighted by Crippen LogP contribution is 2.31. The first-order valence-electron chi connectivity index (χ1n) is 9.41. The van der Waals surface area contributed by atoms with Crippen LogP contribution in [0.2, 0.25) is 5.02 Å². The predicted molar refractivity (Wildman–Crippen MR) is 119 cm³/mol. The van der Waals surface area contributed by atoms with Gasteiger partial charge in [0, 0.05) is 35.4 Å². The molecule has 0 spiro atoms. The molecule has 0 fully saturated rings. The van der Waals surface area contributed by atoms with Gasteiger partial charge in [-0.2, -0.15) is 10.5 Å². The van der Waals surface area contributed by atoms with E-state index in [4.69, 9.17) is 16.4 Å². The number of hydrogen-bond acceptors (Lipinski definition) is 7. The van der Waals surface area contributed by atoms with Gasteiger partial charge in [0.05, 0.1) is 27.4 Å². The molecule has 1 aromatic heterocycles. The van der Waals surface area contributed by atoms with Gasteiger partial charge in [-0.05, 0) is 42.3 Å². The molecule has 2 aromatic carbocycles. The Morgan fingerprint density at radius 1 is 1.12 bits per heavy atom. The minimum Gasteiger partial charge on any atom is -0.391 e. The van der Waals surface area contributed by atoms with Crippen molar-refractivity contribution >= 4 is 23.5 Å². The zero-order chi connectivity index (χ0) is 23.1. The summed E-state index contributed by atoms with van der Waals surface area (Å²) >= 11 is 5.97. The number of oxime groups is 1. The Bertz CT molecular complexity index is 1260. The number of nitro benzene ring substituents is 1. The summed E-state index contributed by atoms with van der Waals surface area (Å²) in [5.41, 5.74) is 3.52. The first-order chi connectivity index (χ1) is 15.4. The topological polar surface area (TPSA) is 125 Å². The van der Waals surface area contributed by atoms with Gasteiger partial charge in [-0.1, -0.05) is 28.9 Å². The van der Waals surface area contributed by atoms with Crippen LogP contribution >= 0.6 is 11.6 Å². The molecule has 0 aliphatic heterocycles. The Labute approximate surface area is 189 Å². The van der Waals surface area contributed by atoms with Crippen molar-refractivity contribution < 1.29 is 9.76 Å². The number of aromatic nitrogens is 1. The van der Waals surface area contributed by atoms with Crippen LogP contribution < -0.4 is 0 Å². The van der Waals surface area contributed by atoms with Crippen molar-refractivity contribution in [1.82, 2.24) is 4.98 Å². The standard InChI is InChI=1S/C23H16ClN5O3/c1-15-20(12-25)23(17-4-6-18(24)7-5-17)21(13-26)22(28-15)10-11-27-32-14-16-2-8-19(9-3-16)29(30)31/h2-9,11H,10,14H2,1H3/b27-11-. The Kier molecular flexibility index (Phi) is 7.12. The zero-order valence-electron chi connectivity index (χ0n) is 16.9. The van der Waals surface area contributed by atoms with E-state index in [2.05, 4.69) is 22.3 Å². The van der Waals surface area contributed by atoms with E-state index < -0.39 is 4.92 Å². The third kappa shape index (κ3) is 5.07. The van der Waals surface area contributed by atoms with Gasteiger partial charge in [-0.15, -0.1) is 0 Å². The maximum absolute atomic E-state index is 10.7. The second-order valence-corrected chi connectivity index (χ2v) is 7.12. The van der Waals surface area contributed by atoms with Crippen LogP contribution in [0.5, 0.6) is 0 Å². The van der Waals surface area contributed by atoms with Crippen LogP contribution in [0.4, 0.5) is 5.69 Å². The number of halogens is 1. The largest absolute Gasteiger partial charge is 0.391 e. The van der Waals surface area contributed by atoms with Crippen LogP contribution in [-0.4, -0.2) is 16.1 Å². The first kappa shape index (κ1) is 22.4. The summed E-state index contributed by atoms with van der Waals surface area (Å²) in [6.45, 7) is 1.85. The summed E-state index contributed by atoms with van der Waals surface area (Å²) in [5, 5.41) is 34.5. The normalized spacial score (nSPS) is 10.5. The van der Waals surface area contributed by atoms with E-state index in [0.717, 1.165) is 5.56 Å². The quantitative estimate of drug-likeness (QED) is 0.282. The van der Waals surface area contributed by atoms with Crippen molar-refractivity contribution in [2.24, 2.45) is 5.16 Å². The van der Waals surface area contributed by atoms with Crippen molar-refractivity contribution in [1.29, 1.82) is 10.5 Å². The van der Waals surface area contributed by atoms with Crippen molar-refractivity contribution in [2.45, 2.75) is 20.0 Å². The SMILES string of the molecule is Cc1nc(C/C=N\OCc2ccc([N+](=O)[O-])cc2)c(C#N)c(-c2ccc(Cl)cc2)c1C#N. The minimum atomic E-state index is -0.472. The number of pyridine rings is 1. The van der Waals surface area contributed by atoms with Crippen LogP contribution in [0, 0.1) is 39.7 Å². The van der Waals surface area contributed by atoms with Crippen molar-refractivity contribution in [2.75, 3.05) is 0 Å². The van der Waals surface area contributed by atoms with E-state index in [0.29, 0.717) is 33.1 Å². The van der Waals surface area contributed by atoms with Crippen LogP contribution in [0.15, 0.2) is 53.7 Å². The summed E-state index contributed by atoms with van der Waals surface area (Å²) in [6, 6.07) is 17.2. The molecule has 8 nitrogen and oxygen atoms in total. The number of benzene rings is 2. The molecule has 0 aliphatic carbocycles. The van der Waals surface area contributed by atoms with E-state index >= 15 is 0 Å². The van der Waals surface area contributed by atoms with Gasteiger partial charge >= 0.3 is 0 Å². The lowest BCUT2D eigenvalue weighted by molar-refractivity contribution is -0.384. The molecular weight excluding hydrogens is 430 g/mol. The molecule has 0 atom stereocenters. The van der Waals surface area contributed by atoms with Crippen molar-refractivity contribution in [3.8, 4) is 23.3 Å². The molecule has 0 saturated heterocycles. The summed E-state index contributed by atoms with van der Waals surface area (Å²) in [6.07, 6.45) is 1.70. The van der Waals surface area contributed by atoms with Gasteiger partial charge in [0.25, 0.3) is 5.69 Å². The van der Waals surface area contributed by atoms with Crippen molar-refractivity contribution in [3.63, 3.8) is 0 Å². The molecule has 3 aromatic rings. The van der Waals surface area contributed by atoms with Crippen LogP contribution in [-0.2, 0) is 17.9 Å². The van der Waals surface area contributed by atoms with E-state index in [1.165, 1.54) is 18.3 Å². The Hall–Kier alpha value is -4.27. The monoisotopic (exact) mass is 445 g/mol. The average molecular weight is 446 g/mol. The molecule has 0 bridgehead atoms. The Balaban J connectivity index is 1.79. The highest BCUT2D eigenvalue weighted by molar-refractivity contribution is 6.30. The van der Waals surface area contributed by atoms with E-state index in [-0.39, 0.29) is 24.3 Å². The maximum Gasteiger partial charge on any atom is 0.269 e. The number of nitrogens with zero attached hydrogens (tertiary/aromatic N) is 5. The third-order valence-electron chi connectivity index (χ3n) is 4.62. The zero-order valence-corrected chi connectivity index (χ0v) is 17.7. The number of nitro groups is 1. The van der Waals surface area contributed by atoms with Crippen LogP contribution in [0.3, 0.4) is 0 Å². The van der Waals surface area contributed by atoms with Gasteiger partial charge in [0.1, 0.15) is 18.7 Å².